The zero-order valence-electron chi connectivity index (χ0n) is 8.68. The predicted molar refractivity (Wildman–Crippen MR) is 52.7 cm³/mol. The van der Waals surface area contributed by atoms with Gasteiger partial charge < -0.3 is 62.4 Å². The Morgan fingerprint density at radius 3 is 0.722 bits per heavy atom. The topological polar surface area (TPSA) is 364 Å². The van der Waals surface area contributed by atoms with E-state index in [0.29, 0.717) is 0 Å². The molecule has 0 amide bonds. The van der Waals surface area contributed by atoms with Gasteiger partial charge in [0.1, 0.15) is 0 Å². The molecule has 0 saturated heterocycles. The average molecular weight is 347 g/mol. The van der Waals surface area contributed by atoms with E-state index in [2.05, 4.69) is 0 Å². The molecule has 0 saturated carbocycles. The van der Waals surface area contributed by atoms with Crippen LogP contribution in [-0.4, -0.2) is 123 Å². The van der Waals surface area contributed by atoms with E-state index in [9.17, 15) is 0 Å². The maximum absolute atomic E-state index is 8.52. The second-order valence-corrected chi connectivity index (χ2v) is 1.47. The smallest absolute Gasteiger partial charge is 0.759 e. The van der Waals surface area contributed by atoms with Crippen molar-refractivity contribution in [3.63, 3.8) is 0 Å². The number of carboxylic acid groups (broad SMARTS) is 2. The standard InChI is InChI=1S/CH2O3.Ca.Mg.H2O4S.7H2O/c2-1(3)4;;;1-5(2,3)4;;;;;;;/h(H2,2,3,4);;;(H2,1,2,3,4);7*1H2/q;2*+2;;;;;;;;/p-4. The van der Waals surface area contributed by atoms with Crippen molar-refractivity contribution in [3.05, 3.63) is 0 Å². The largest absolute Gasteiger partial charge is 2.00 e. The van der Waals surface area contributed by atoms with Crippen molar-refractivity contribution in [2.45, 2.75) is 0 Å². The fraction of sp³-hybridized carbons (Fsp3) is 0. The van der Waals surface area contributed by atoms with Crippen molar-refractivity contribution >= 4 is 77.3 Å². The normalized spacial score (nSPS) is 4.56. The molecule has 0 spiro atoms. The summed E-state index contributed by atoms with van der Waals surface area (Å²) in [6.45, 7) is 0. The van der Waals surface area contributed by atoms with E-state index in [4.69, 9.17) is 32.5 Å². The van der Waals surface area contributed by atoms with E-state index >= 15 is 0 Å². The quantitative estimate of drug-likeness (QED) is 0.231. The van der Waals surface area contributed by atoms with E-state index in [1.807, 2.05) is 0 Å². The summed E-state index contributed by atoms with van der Waals surface area (Å²) in [5, 5.41) is 16.7. The first-order valence-electron chi connectivity index (χ1n) is 1.28. The first-order chi connectivity index (χ1) is 3.73. The fourth-order valence-electron chi connectivity index (χ4n) is 0. The molecule has 0 aliphatic rings. The first kappa shape index (κ1) is 97.2. The summed E-state index contributed by atoms with van der Waals surface area (Å²) in [6.07, 6.45) is -2.33. The zero-order valence-corrected chi connectivity index (χ0v) is 13.1. The van der Waals surface area contributed by atoms with Crippen molar-refractivity contribution in [2.75, 3.05) is 0 Å². The summed E-state index contributed by atoms with van der Waals surface area (Å²) in [7, 11) is -5.17. The number of rotatable bonds is 0. The van der Waals surface area contributed by atoms with Gasteiger partial charge in [0.2, 0.25) is 0 Å². The Labute approximate surface area is 147 Å². The summed E-state index contributed by atoms with van der Waals surface area (Å²) < 4.78 is 34.1. The summed E-state index contributed by atoms with van der Waals surface area (Å²) in [4.78, 5) is 8.33. The molecule has 0 bridgehead atoms. The van der Waals surface area contributed by atoms with Crippen LogP contribution in [0.15, 0.2) is 0 Å². The van der Waals surface area contributed by atoms with Crippen LogP contribution in [-0.2, 0) is 10.4 Å². The first-order valence-corrected chi connectivity index (χ1v) is 2.61. The minimum absolute atomic E-state index is 0. The predicted octanol–water partition coefficient (Wildman–Crippen LogP) is -10.3. The van der Waals surface area contributed by atoms with E-state index < -0.39 is 16.6 Å². The van der Waals surface area contributed by atoms with Crippen molar-refractivity contribution in [2.24, 2.45) is 0 Å². The van der Waals surface area contributed by atoms with Gasteiger partial charge in [-0.1, -0.05) is 0 Å². The minimum Gasteiger partial charge on any atom is -0.759 e. The van der Waals surface area contributed by atoms with Gasteiger partial charge in [-0.3, -0.25) is 8.42 Å². The molecule has 0 fully saturated rings. The molecule has 112 valence electrons. The molecule has 0 rings (SSSR count). The Morgan fingerprint density at radius 1 is 0.722 bits per heavy atom. The second kappa shape index (κ2) is 52.2. The third kappa shape index (κ3) is 5430. The third-order valence-corrected chi connectivity index (χ3v) is 0. The van der Waals surface area contributed by atoms with Gasteiger partial charge in [-0.2, -0.15) is 0 Å². The number of carbonyl (C=O) groups is 1. The van der Waals surface area contributed by atoms with Crippen LogP contribution in [0.4, 0.5) is 4.79 Å². The molecule has 0 heterocycles. The van der Waals surface area contributed by atoms with Crippen LogP contribution < -0.4 is 10.2 Å². The van der Waals surface area contributed by atoms with Crippen molar-refractivity contribution < 1.29 is 70.9 Å². The summed E-state index contributed by atoms with van der Waals surface area (Å²) >= 11 is 0. The monoisotopic (exact) mass is 346 g/mol. The zero-order chi connectivity index (χ0) is 8.08. The van der Waals surface area contributed by atoms with Gasteiger partial charge in [-0.15, -0.1) is 0 Å². The Balaban J connectivity index is -0.00000000406. The van der Waals surface area contributed by atoms with Gasteiger partial charge in [-0.25, -0.2) is 0 Å². The summed E-state index contributed by atoms with van der Waals surface area (Å²) in [5.74, 6) is 0. The van der Waals surface area contributed by atoms with E-state index in [1.54, 1.807) is 0 Å². The molecule has 14 nitrogen and oxygen atoms in total. The van der Waals surface area contributed by atoms with Crippen LogP contribution in [0.3, 0.4) is 0 Å². The second-order valence-electron chi connectivity index (χ2n) is 0.658. The van der Waals surface area contributed by atoms with Crippen LogP contribution >= 0.6 is 0 Å². The van der Waals surface area contributed by atoms with Gasteiger partial charge in [0.25, 0.3) is 0 Å². The van der Waals surface area contributed by atoms with Crippen LogP contribution in [0.25, 0.3) is 0 Å². The van der Waals surface area contributed by atoms with Gasteiger partial charge in [-0.05, 0) is 6.16 Å². The molecule has 0 aliphatic heterocycles. The Bertz CT molecular complexity index is 164. The number of hydrogen-bond acceptors (Lipinski definition) is 7. The van der Waals surface area contributed by atoms with E-state index in [-0.39, 0.29) is 99.1 Å². The molecular weight excluding hydrogens is 332 g/mol. The Hall–Kier alpha value is 0.886. The minimum atomic E-state index is -5.17. The van der Waals surface area contributed by atoms with Crippen LogP contribution in [0.1, 0.15) is 0 Å². The van der Waals surface area contributed by atoms with Crippen LogP contribution in [0.2, 0.25) is 0 Å². The SMILES string of the molecule is O.O.O.O.O.O.O.O=C([O-])[O-].O=S(=O)([O-])[O-].[Ca+2].[Mg+2]. The van der Waals surface area contributed by atoms with Crippen molar-refractivity contribution in [3.8, 4) is 0 Å². The van der Waals surface area contributed by atoms with E-state index in [1.165, 1.54) is 0 Å². The van der Waals surface area contributed by atoms with E-state index in [0.717, 1.165) is 0 Å². The molecule has 0 aromatic rings. The molecule has 17 heteroatoms. The maximum atomic E-state index is 8.52. The summed E-state index contributed by atoms with van der Waals surface area (Å²) in [6, 6.07) is 0. The maximum Gasteiger partial charge on any atom is 2.00 e. The molecule has 18 heavy (non-hydrogen) atoms. The molecule has 0 unspecified atom stereocenters. The molecule has 0 aliphatic carbocycles. The molecule has 0 aromatic carbocycles. The van der Waals surface area contributed by atoms with Crippen molar-refractivity contribution in [1.29, 1.82) is 0 Å². The van der Waals surface area contributed by atoms with Crippen LogP contribution in [0, 0.1) is 0 Å². The van der Waals surface area contributed by atoms with Gasteiger partial charge in [0.15, 0.2) is 0 Å². The average Bonchev–Trinajstić information content (AvgIpc) is 1.19. The molecule has 0 radical (unpaired) electrons. The molecule has 0 atom stereocenters. The van der Waals surface area contributed by atoms with Gasteiger partial charge in [0.05, 0.1) is 0 Å². The Kier molecular flexibility index (Phi) is 282. The summed E-state index contributed by atoms with van der Waals surface area (Å²) in [5.41, 5.74) is 0. The molecule has 0 aromatic heterocycles. The van der Waals surface area contributed by atoms with Crippen molar-refractivity contribution in [1.82, 2.24) is 0 Å². The van der Waals surface area contributed by atoms with Gasteiger partial charge in [0, 0.05) is 10.4 Å². The Morgan fingerprint density at radius 2 is 0.722 bits per heavy atom. The number of carbonyl (C=O) groups excluding carboxylic acids is 1. The van der Waals surface area contributed by atoms with Gasteiger partial charge >= 0.3 is 60.8 Å². The fourth-order valence-corrected chi connectivity index (χ4v) is 0. The van der Waals surface area contributed by atoms with Crippen LogP contribution in [0.5, 0.6) is 0 Å². The molecule has 14 N–H and O–H groups in total. The third-order valence-electron chi connectivity index (χ3n) is 0. The molecular formula is CH14CaMgO14S. The number of hydrogen-bond donors (Lipinski definition) is 0.